The van der Waals surface area contributed by atoms with Crippen LogP contribution in [-0.4, -0.2) is 59.2 Å². The minimum absolute atomic E-state index is 0.00540. The van der Waals surface area contributed by atoms with Crippen LogP contribution in [0.5, 0.6) is 5.75 Å². The minimum atomic E-state index is -1.05. The van der Waals surface area contributed by atoms with E-state index < -0.39 is 35.8 Å². The molecule has 3 atom stereocenters. The molecule has 10 nitrogen and oxygen atoms in total. The zero-order chi connectivity index (χ0) is 23.4. The number of unbranched alkanes of at least 4 members (excludes halogenated alkanes) is 1. The third-order valence-corrected chi connectivity index (χ3v) is 4.86. The second-order valence-electron chi connectivity index (χ2n) is 7.12. The number of carbonyl (C=O) groups excluding carboxylic acids is 4. The smallest absolute Gasteiger partial charge is 0.243 e. The third kappa shape index (κ3) is 9.71. The second-order valence-corrected chi connectivity index (χ2v) is 7.48. The van der Waals surface area contributed by atoms with E-state index in [2.05, 4.69) is 28.6 Å². The molecule has 0 saturated heterocycles. The van der Waals surface area contributed by atoms with Gasteiger partial charge in [0.25, 0.3) is 0 Å². The Morgan fingerprint density at radius 3 is 2.06 bits per heavy atom. The second kappa shape index (κ2) is 13.5. The van der Waals surface area contributed by atoms with E-state index in [1.54, 1.807) is 12.1 Å². The van der Waals surface area contributed by atoms with Gasteiger partial charge in [-0.25, -0.2) is 0 Å². The third-order valence-electron chi connectivity index (χ3n) is 4.49. The maximum Gasteiger partial charge on any atom is 0.243 e. The lowest BCUT2D eigenvalue weighted by molar-refractivity contribution is -0.133. The van der Waals surface area contributed by atoms with E-state index >= 15 is 0 Å². The summed E-state index contributed by atoms with van der Waals surface area (Å²) < 4.78 is 0. The molecule has 172 valence electrons. The van der Waals surface area contributed by atoms with Crippen molar-refractivity contribution >= 4 is 36.3 Å². The van der Waals surface area contributed by atoms with Gasteiger partial charge in [-0.05, 0) is 43.5 Å². The SMILES string of the molecule is CC(=O)N[C@@H](CCCCN)C(=O)N[C@@H](Cc1ccc(O)cc1)C(=O)N[C@@H](CS)C(N)=O. The highest BCUT2D eigenvalue weighted by Gasteiger charge is 2.28. The van der Waals surface area contributed by atoms with Crippen molar-refractivity contribution in [3.8, 4) is 5.75 Å². The number of thiol groups is 1. The summed E-state index contributed by atoms with van der Waals surface area (Å²) in [6.07, 6.45) is 1.75. The quantitative estimate of drug-likeness (QED) is 0.148. The van der Waals surface area contributed by atoms with Crippen LogP contribution < -0.4 is 27.4 Å². The van der Waals surface area contributed by atoms with Crippen molar-refractivity contribution in [2.45, 2.75) is 50.7 Å². The Hall–Kier alpha value is -2.79. The zero-order valence-corrected chi connectivity index (χ0v) is 18.4. The number of benzene rings is 1. The number of hydrogen-bond acceptors (Lipinski definition) is 7. The predicted molar refractivity (Wildman–Crippen MR) is 119 cm³/mol. The van der Waals surface area contributed by atoms with Crippen molar-refractivity contribution in [1.29, 1.82) is 0 Å². The molecule has 0 heterocycles. The average molecular weight is 454 g/mol. The Morgan fingerprint density at radius 2 is 1.55 bits per heavy atom. The van der Waals surface area contributed by atoms with Crippen LogP contribution in [0.4, 0.5) is 0 Å². The first kappa shape index (κ1) is 26.2. The summed E-state index contributed by atoms with van der Waals surface area (Å²) in [7, 11) is 0. The van der Waals surface area contributed by atoms with Crippen LogP contribution in [0.25, 0.3) is 0 Å². The molecule has 0 fully saturated rings. The van der Waals surface area contributed by atoms with Gasteiger partial charge in [0, 0.05) is 19.1 Å². The molecule has 0 spiro atoms. The van der Waals surface area contributed by atoms with Gasteiger partial charge >= 0.3 is 0 Å². The van der Waals surface area contributed by atoms with E-state index in [9.17, 15) is 24.3 Å². The Morgan fingerprint density at radius 1 is 0.968 bits per heavy atom. The first-order valence-corrected chi connectivity index (χ1v) is 10.6. The first-order valence-electron chi connectivity index (χ1n) is 9.93. The summed E-state index contributed by atoms with van der Waals surface area (Å²) in [6.45, 7) is 1.76. The van der Waals surface area contributed by atoms with E-state index in [-0.39, 0.29) is 23.8 Å². The summed E-state index contributed by atoms with van der Waals surface area (Å²) in [4.78, 5) is 48.6. The Bertz CT molecular complexity index is 759. The van der Waals surface area contributed by atoms with Gasteiger partial charge in [-0.2, -0.15) is 12.6 Å². The topological polar surface area (TPSA) is 177 Å². The molecule has 0 saturated carbocycles. The molecule has 31 heavy (non-hydrogen) atoms. The molecule has 8 N–H and O–H groups in total. The molecular formula is C20H31N5O5S. The highest BCUT2D eigenvalue weighted by molar-refractivity contribution is 7.80. The molecule has 0 bridgehead atoms. The number of hydrogen-bond donors (Lipinski definition) is 7. The fourth-order valence-electron chi connectivity index (χ4n) is 2.84. The summed E-state index contributed by atoms with van der Waals surface area (Å²) in [5.74, 6) is -2.24. The van der Waals surface area contributed by atoms with Crippen LogP contribution in [0.2, 0.25) is 0 Å². The van der Waals surface area contributed by atoms with Crippen molar-refractivity contribution in [3.05, 3.63) is 29.8 Å². The zero-order valence-electron chi connectivity index (χ0n) is 17.5. The van der Waals surface area contributed by atoms with Gasteiger partial charge in [0.15, 0.2) is 0 Å². The lowest BCUT2D eigenvalue weighted by Gasteiger charge is -2.24. The number of phenols is 1. The summed E-state index contributed by atoms with van der Waals surface area (Å²) in [5, 5.41) is 17.2. The molecule has 1 aromatic carbocycles. The van der Waals surface area contributed by atoms with Crippen molar-refractivity contribution in [2.24, 2.45) is 11.5 Å². The summed E-state index contributed by atoms with van der Waals surface area (Å²) in [6, 6.07) is 3.24. The van der Waals surface area contributed by atoms with E-state index in [1.807, 2.05) is 0 Å². The molecule has 0 aliphatic heterocycles. The molecule has 0 unspecified atom stereocenters. The highest BCUT2D eigenvalue weighted by atomic mass is 32.1. The Labute approximate surface area is 186 Å². The van der Waals surface area contributed by atoms with Gasteiger partial charge in [-0.1, -0.05) is 12.1 Å². The van der Waals surface area contributed by atoms with Crippen LogP contribution in [0.1, 0.15) is 31.7 Å². The maximum atomic E-state index is 12.8. The number of phenolic OH excluding ortho intramolecular Hbond substituents is 1. The number of rotatable bonds is 13. The first-order chi connectivity index (χ1) is 14.7. The van der Waals surface area contributed by atoms with Gasteiger partial charge in [0.2, 0.25) is 23.6 Å². The Kier molecular flexibility index (Phi) is 11.4. The molecular weight excluding hydrogens is 422 g/mol. The van der Waals surface area contributed by atoms with E-state index in [0.717, 1.165) is 0 Å². The molecule has 0 radical (unpaired) electrons. The van der Waals surface area contributed by atoms with Gasteiger partial charge < -0.3 is 32.5 Å². The predicted octanol–water partition coefficient (Wildman–Crippen LogP) is -1.05. The number of carbonyl (C=O) groups is 4. The number of nitrogens with two attached hydrogens (primary N) is 2. The van der Waals surface area contributed by atoms with Crippen LogP contribution in [0, 0.1) is 0 Å². The van der Waals surface area contributed by atoms with Crippen molar-refractivity contribution < 1.29 is 24.3 Å². The van der Waals surface area contributed by atoms with Gasteiger partial charge in [0.05, 0.1) is 0 Å². The number of aromatic hydroxyl groups is 1. The lowest BCUT2D eigenvalue weighted by Crippen LogP contribution is -2.57. The number of amides is 4. The Balaban J connectivity index is 3.02. The summed E-state index contributed by atoms with van der Waals surface area (Å²) in [5.41, 5.74) is 11.4. The fraction of sp³-hybridized carbons (Fsp3) is 0.500. The molecule has 0 aromatic heterocycles. The van der Waals surface area contributed by atoms with Crippen molar-refractivity contribution in [3.63, 3.8) is 0 Å². The van der Waals surface area contributed by atoms with Gasteiger partial charge in [-0.3, -0.25) is 19.2 Å². The van der Waals surface area contributed by atoms with E-state index in [0.29, 0.717) is 31.4 Å². The van der Waals surface area contributed by atoms with Crippen LogP contribution >= 0.6 is 12.6 Å². The van der Waals surface area contributed by atoms with Crippen LogP contribution in [0.3, 0.4) is 0 Å². The standard InChI is InChI=1S/C20H31N5O5S/c1-12(26)23-15(4-2-3-9-21)19(29)24-16(10-13-5-7-14(27)8-6-13)20(30)25-17(11-31)18(22)28/h5-8,15-17,27,31H,2-4,9-11,21H2,1H3,(H2,22,28)(H,23,26)(H,24,29)(H,25,30)/t15-,16-,17-/m0/s1. The molecule has 1 aromatic rings. The normalized spacial score (nSPS) is 13.5. The number of primary amides is 1. The molecule has 11 heteroatoms. The maximum absolute atomic E-state index is 12.8. The largest absolute Gasteiger partial charge is 0.508 e. The van der Waals surface area contributed by atoms with Gasteiger partial charge in [-0.15, -0.1) is 0 Å². The average Bonchev–Trinajstić information content (AvgIpc) is 2.71. The summed E-state index contributed by atoms with van der Waals surface area (Å²) >= 11 is 4.01. The van der Waals surface area contributed by atoms with Gasteiger partial charge in [0.1, 0.15) is 23.9 Å². The number of nitrogens with one attached hydrogen (secondary N) is 3. The molecule has 0 aliphatic carbocycles. The highest BCUT2D eigenvalue weighted by Crippen LogP contribution is 2.12. The van der Waals surface area contributed by atoms with Crippen LogP contribution in [0.15, 0.2) is 24.3 Å². The molecule has 0 aliphatic rings. The fourth-order valence-corrected chi connectivity index (χ4v) is 3.11. The molecule has 4 amide bonds. The lowest BCUT2D eigenvalue weighted by atomic mass is 10.0. The molecule has 1 rings (SSSR count). The monoisotopic (exact) mass is 453 g/mol. The van der Waals surface area contributed by atoms with Crippen molar-refractivity contribution in [2.75, 3.05) is 12.3 Å². The van der Waals surface area contributed by atoms with Crippen molar-refractivity contribution in [1.82, 2.24) is 16.0 Å². The van der Waals surface area contributed by atoms with E-state index in [4.69, 9.17) is 11.5 Å². The van der Waals surface area contributed by atoms with E-state index in [1.165, 1.54) is 19.1 Å². The van der Waals surface area contributed by atoms with Crippen LogP contribution in [-0.2, 0) is 25.6 Å². The minimum Gasteiger partial charge on any atom is -0.508 e.